The van der Waals surface area contributed by atoms with Gasteiger partial charge in [0.25, 0.3) is 0 Å². The Hall–Kier alpha value is -2.30. The highest BCUT2D eigenvalue weighted by Gasteiger charge is 2.36. The molecule has 0 radical (unpaired) electrons. The maximum absolute atomic E-state index is 13.5. The van der Waals surface area contributed by atoms with Crippen LogP contribution in [0.2, 0.25) is 0 Å². The molecule has 218 valence electrons. The van der Waals surface area contributed by atoms with E-state index in [0.29, 0.717) is 31.6 Å². The molecule has 40 heavy (non-hydrogen) atoms. The molecule has 2 aliphatic carbocycles. The van der Waals surface area contributed by atoms with Crippen LogP contribution in [0.15, 0.2) is 71.1 Å². The molecule has 0 aliphatic heterocycles. The van der Waals surface area contributed by atoms with Gasteiger partial charge in [-0.2, -0.15) is 0 Å². The molecule has 2 aliphatic rings. The second-order valence-electron chi connectivity index (χ2n) is 11.6. The van der Waals surface area contributed by atoms with Gasteiger partial charge >= 0.3 is 0 Å². The molecule has 1 aromatic carbocycles. The molecule has 0 amide bonds. The van der Waals surface area contributed by atoms with Crippen LogP contribution in [-0.2, 0) is 4.74 Å². The fourth-order valence-electron chi connectivity index (χ4n) is 6.04. The quantitative estimate of drug-likeness (QED) is 0.106. The van der Waals surface area contributed by atoms with Gasteiger partial charge in [0.2, 0.25) is 0 Å². The van der Waals surface area contributed by atoms with E-state index >= 15 is 0 Å². The number of halogens is 1. The summed E-state index contributed by atoms with van der Waals surface area (Å²) in [7, 11) is 0. The van der Waals surface area contributed by atoms with Gasteiger partial charge in [0.15, 0.2) is 0 Å². The molecule has 3 nitrogen and oxygen atoms in total. The van der Waals surface area contributed by atoms with Crippen LogP contribution in [0.1, 0.15) is 91.5 Å². The number of benzene rings is 1. The molecule has 1 N–H and O–H groups in total. The van der Waals surface area contributed by atoms with E-state index in [-0.39, 0.29) is 5.82 Å². The zero-order chi connectivity index (χ0) is 29.2. The summed E-state index contributed by atoms with van der Waals surface area (Å²) in [5.41, 5.74) is 10.2. The Bertz CT molecular complexity index is 1160. The van der Waals surface area contributed by atoms with Crippen molar-refractivity contribution in [2.45, 2.75) is 98.1 Å². The predicted molar refractivity (Wildman–Crippen MR) is 169 cm³/mol. The van der Waals surface area contributed by atoms with E-state index in [0.717, 1.165) is 53.4 Å². The lowest BCUT2D eigenvalue weighted by atomic mass is 10.0. The van der Waals surface area contributed by atoms with E-state index in [1.807, 2.05) is 26.0 Å². The number of nitrogens with zero attached hydrogens (tertiary/aromatic N) is 1. The maximum Gasteiger partial charge on any atom is 0.123 e. The summed E-state index contributed by atoms with van der Waals surface area (Å²) in [6, 6.07) is 7.11. The lowest BCUT2D eigenvalue weighted by Crippen LogP contribution is -2.39. The first-order valence-corrected chi connectivity index (χ1v) is 15.4. The van der Waals surface area contributed by atoms with Crippen molar-refractivity contribution in [3.8, 4) is 0 Å². The number of aliphatic hydroxyl groups excluding tert-OH is 1. The van der Waals surface area contributed by atoms with Crippen molar-refractivity contribution in [2.75, 3.05) is 13.2 Å². The van der Waals surface area contributed by atoms with Gasteiger partial charge in [0.1, 0.15) is 5.82 Å². The first-order valence-electron chi connectivity index (χ1n) is 15.0. The topological polar surface area (TPSA) is 32.7 Å². The number of aliphatic hydroxyl groups is 1. The van der Waals surface area contributed by atoms with Crippen LogP contribution in [0.25, 0.3) is 5.57 Å². The van der Waals surface area contributed by atoms with Crippen molar-refractivity contribution >= 4 is 22.8 Å². The van der Waals surface area contributed by atoms with E-state index in [2.05, 4.69) is 50.1 Å². The van der Waals surface area contributed by atoms with Crippen molar-refractivity contribution < 1.29 is 14.2 Å². The minimum Gasteiger partial charge on any atom is -0.391 e. The van der Waals surface area contributed by atoms with E-state index in [4.69, 9.17) is 17.0 Å². The number of allylic oxidation sites excluding steroid dienone is 5. The number of hydrogen-bond donors (Lipinski definition) is 1. The largest absolute Gasteiger partial charge is 0.391 e. The standard InChI is InChI=1S/C35H48FNO2S/c1-7-10-28-19-25(4)35(20-28)37(27(6)40)26(5)24(3)12-13-31-22-32(29-14-16-33(36)17-15-29)21-30(31)11-9-18-39-23-34(38)8-2/h13-17,21,25,28,34-35,38H,5,7-11,18-20,22-23H2,1-4,6H3. The van der Waals surface area contributed by atoms with Crippen molar-refractivity contribution in [1.82, 2.24) is 4.90 Å². The molecule has 0 spiro atoms. The average molecular weight is 566 g/mol. The molecule has 4 unspecified atom stereocenters. The van der Waals surface area contributed by atoms with Crippen LogP contribution in [0.4, 0.5) is 4.39 Å². The Labute approximate surface area is 247 Å². The normalized spacial score (nSPS) is 21.2. The molecule has 4 atom stereocenters. The van der Waals surface area contributed by atoms with Gasteiger partial charge < -0.3 is 14.7 Å². The Balaban J connectivity index is 1.79. The van der Waals surface area contributed by atoms with E-state index < -0.39 is 6.10 Å². The summed E-state index contributed by atoms with van der Waals surface area (Å²) >= 11 is 5.73. The molecule has 5 heteroatoms. The van der Waals surface area contributed by atoms with Crippen LogP contribution in [0, 0.1) is 17.7 Å². The molecular weight excluding hydrogens is 517 g/mol. The fourth-order valence-corrected chi connectivity index (χ4v) is 6.29. The van der Waals surface area contributed by atoms with Crippen LogP contribution in [0.5, 0.6) is 0 Å². The van der Waals surface area contributed by atoms with E-state index in [1.54, 1.807) is 0 Å². The summed E-state index contributed by atoms with van der Waals surface area (Å²) in [5.74, 6) is 1.11. The van der Waals surface area contributed by atoms with Gasteiger partial charge in [-0.05, 0) is 105 Å². The second-order valence-corrected chi connectivity index (χ2v) is 12.2. The van der Waals surface area contributed by atoms with Crippen LogP contribution < -0.4 is 0 Å². The van der Waals surface area contributed by atoms with E-state index in [1.165, 1.54) is 48.1 Å². The van der Waals surface area contributed by atoms with E-state index in [9.17, 15) is 9.50 Å². The van der Waals surface area contributed by atoms with Crippen molar-refractivity contribution in [1.29, 1.82) is 0 Å². The summed E-state index contributed by atoms with van der Waals surface area (Å²) in [6.07, 6.45) is 12.0. The second kappa shape index (κ2) is 15.6. The molecule has 0 saturated heterocycles. The lowest BCUT2D eigenvalue weighted by Gasteiger charge is -2.34. The molecule has 0 bridgehead atoms. The van der Waals surface area contributed by atoms with Crippen molar-refractivity contribution in [2.24, 2.45) is 11.8 Å². The van der Waals surface area contributed by atoms with Gasteiger partial charge in [-0.3, -0.25) is 0 Å². The Morgan fingerprint density at radius 1 is 1.25 bits per heavy atom. The third-order valence-electron chi connectivity index (χ3n) is 8.36. The number of hydrogen-bond acceptors (Lipinski definition) is 3. The average Bonchev–Trinajstić information content (AvgIpc) is 3.50. The van der Waals surface area contributed by atoms with Crippen molar-refractivity contribution in [3.05, 3.63) is 82.5 Å². The molecule has 0 aromatic heterocycles. The first-order chi connectivity index (χ1) is 19.1. The van der Waals surface area contributed by atoms with Gasteiger partial charge in [0.05, 0.1) is 17.7 Å². The van der Waals surface area contributed by atoms with Gasteiger partial charge in [-0.25, -0.2) is 4.39 Å². The van der Waals surface area contributed by atoms with Crippen LogP contribution in [0.3, 0.4) is 0 Å². The summed E-state index contributed by atoms with van der Waals surface area (Å²) in [6.45, 7) is 16.1. The Kier molecular flexibility index (Phi) is 12.6. The number of ether oxygens (including phenoxy) is 1. The van der Waals surface area contributed by atoms with Crippen LogP contribution >= 0.6 is 12.2 Å². The smallest absolute Gasteiger partial charge is 0.123 e. The van der Waals surface area contributed by atoms with Crippen molar-refractivity contribution in [3.63, 3.8) is 0 Å². The molecule has 1 aromatic rings. The predicted octanol–water partition coefficient (Wildman–Crippen LogP) is 8.96. The molecule has 1 saturated carbocycles. The van der Waals surface area contributed by atoms with Gasteiger partial charge in [-0.1, -0.05) is 70.6 Å². The van der Waals surface area contributed by atoms with Gasteiger partial charge in [0, 0.05) is 23.9 Å². The Morgan fingerprint density at radius 3 is 2.62 bits per heavy atom. The third kappa shape index (κ3) is 8.85. The number of thiocarbonyl (C=S) groups is 1. The van der Waals surface area contributed by atoms with Crippen LogP contribution in [-0.4, -0.2) is 40.4 Å². The zero-order valence-corrected chi connectivity index (χ0v) is 26.0. The Morgan fingerprint density at radius 2 is 1.98 bits per heavy atom. The highest BCUT2D eigenvalue weighted by atomic mass is 32.1. The third-order valence-corrected chi connectivity index (χ3v) is 8.56. The molecule has 0 heterocycles. The minimum absolute atomic E-state index is 0.227. The highest BCUT2D eigenvalue weighted by Crippen LogP contribution is 2.39. The minimum atomic E-state index is -0.407. The monoisotopic (exact) mass is 565 g/mol. The summed E-state index contributed by atoms with van der Waals surface area (Å²) in [4.78, 5) is 3.15. The molecule has 3 rings (SSSR count). The summed E-state index contributed by atoms with van der Waals surface area (Å²) in [5, 5.41) is 9.75. The first kappa shape index (κ1) is 32.2. The van der Waals surface area contributed by atoms with Gasteiger partial charge in [-0.15, -0.1) is 5.73 Å². The fraction of sp³-hybridized carbons (Fsp3) is 0.543. The maximum atomic E-state index is 13.5. The summed E-state index contributed by atoms with van der Waals surface area (Å²) < 4.78 is 19.2. The highest BCUT2D eigenvalue weighted by molar-refractivity contribution is 7.80. The number of rotatable bonds is 14. The molecule has 1 fully saturated rings. The molecular formula is C35H48FNO2S. The lowest BCUT2D eigenvalue weighted by molar-refractivity contribution is 0.0343. The zero-order valence-electron chi connectivity index (χ0n) is 25.1. The SMILES string of the molecule is C=C(C(C)=C=CC1=C(CCCOCC(O)CC)C=C(c2ccc(F)cc2)C1)N(C(C)=S)C1CC(CCC)CC1C.